The van der Waals surface area contributed by atoms with E-state index in [9.17, 15) is 9.59 Å². The number of carbonyl (C=O) groups excluding carboxylic acids is 1. The summed E-state index contributed by atoms with van der Waals surface area (Å²) in [4.78, 5) is 26.2. The van der Waals surface area contributed by atoms with Gasteiger partial charge in [0.25, 0.3) is 5.56 Å². The van der Waals surface area contributed by atoms with Crippen LogP contribution in [0.3, 0.4) is 0 Å². The maximum absolute atomic E-state index is 12.2. The zero-order valence-corrected chi connectivity index (χ0v) is 13.1. The van der Waals surface area contributed by atoms with Gasteiger partial charge in [0.2, 0.25) is 5.91 Å². The Bertz CT molecular complexity index is 594. The normalized spacial score (nSPS) is 22.5. The smallest absolute Gasteiger partial charge is 0.266 e. The van der Waals surface area contributed by atoms with E-state index in [4.69, 9.17) is 0 Å². The van der Waals surface area contributed by atoms with Crippen LogP contribution in [0, 0.1) is 5.92 Å². The van der Waals surface area contributed by atoms with Crippen LogP contribution in [0.15, 0.2) is 16.9 Å². The zero-order valence-electron chi connectivity index (χ0n) is 13.1. The summed E-state index contributed by atoms with van der Waals surface area (Å²) in [5, 5.41) is 7.35. The molecule has 1 saturated carbocycles. The summed E-state index contributed by atoms with van der Waals surface area (Å²) in [6.07, 6.45) is 4.35. The molecule has 1 aromatic heterocycles. The van der Waals surface area contributed by atoms with E-state index in [0.717, 1.165) is 44.5 Å². The van der Waals surface area contributed by atoms with Crippen molar-refractivity contribution in [2.24, 2.45) is 5.92 Å². The molecule has 0 spiro atoms. The quantitative estimate of drug-likeness (QED) is 0.864. The first-order valence-electron chi connectivity index (χ1n) is 8.18. The number of amides is 1. The van der Waals surface area contributed by atoms with Crippen LogP contribution in [0.4, 0.5) is 0 Å². The molecule has 6 heteroatoms. The van der Waals surface area contributed by atoms with Crippen molar-refractivity contribution in [2.45, 2.75) is 38.1 Å². The molecule has 1 N–H and O–H groups in total. The van der Waals surface area contributed by atoms with E-state index in [1.807, 2.05) is 13.1 Å². The van der Waals surface area contributed by atoms with Gasteiger partial charge in [-0.05, 0) is 45.3 Å². The van der Waals surface area contributed by atoms with Gasteiger partial charge < -0.3 is 10.2 Å². The molecular formula is C16H24N4O2. The summed E-state index contributed by atoms with van der Waals surface area (Å²) >= 11 is 0. The molecule has 3 rings (SSSR count). The lowest BCUT2D eigenvalue weighted by Crippen LogP contribution is -2.42. The maximum Gasteiger partial charge on any atom is 0.266 e. The summed E-state index contributed by atoms with van der Waals surface area (Å²) in [6.45, 7) is 2.78. The highest BCUT2D eigenvalue weighted by Crippen LogP contribution is 2.38. The highest BCUT2D eigenvalue weighted by Gasteiger charge is 2.26. The topological polar surface area (TPSA) is 67.2 Å². The number of nitrogens with one attached hydrogen (secondary N) is 1. The number of rotatable bonds is 5. The van der Waals surface area contributed by atoms with Crippen molar-refractivity contribution in [2.75, 3.05) is 26.7 Å². The first-order valence-corrected chi connectivity index (χ1v) is 8.18. The lowest BCUT2D eigenvalue weighted by Gasteiger charge is -2.28. The zero-order chi connectivity index (χ0) is 15.5. The average Bonchev–Trinajstić information content (AvgIpc) is 3.34. The maximum atomic E-state index is 12.2. The summed E-state index contributed by atoms with van der Waals surface area (Å²) in [7, 11) is 2.05. The summed E-state index contributed by atoms with van der Waals surface area (Å²) in [5.74, 6) is 0.693. The van der Waals surface area contributed by atoms with Crippen molar-refractivity contribution < 1.29 is 4.79 Å². The highest BCUT2D eigenvalue weighted by atomic mass is 16.2. The first kappa shape index (κ1) is 15.2. The summed E-state index contributed by atoms with van der Waals surface area (Å²) in [6, 6.07) is 3.41. The van der Waals surface area contributed by atoms with Gasteiger partial charge in [-0.15, -0.1) is 0 Å². The fraction of sp³-hybridized carbons (Fsp3) is 0.688. The first-order chi connectivity index (χ1) is 10.6. The van der Waals surface area contributed by atoms with E-state index in [1.165, 1.54) is 4.68 Å². The molecule has 1 atom stereocenters. The lowest BCUT2D eigenvalue weighted by molar-refractivity contribution is -0.126. The molecule has 6 nitrogen and oxygen atoms in total. The fourth-order valence-electron chi connectivity index (χ4n) is 3.03. The van der Waals surface area contributed by atoms with E-state index in [2.05, 4.69) is 15.3 Å². The molecule has 120 valence electrons. The van der Waals surface area contributed by atoms with Gasteiger partial charge >= 0.3 is 0 Å². The number of hydrogen-bond donors (Lipinski definition) is 1. The number of hydrogen-bond acceptors (Lipinski definition) is 4. The molecule has 0 bridgehead atoms. The summed E-state index contributed by atoms with van der Waals surface area (Å²) < 4.78 is 1.47. The van der Waals surface area contributed by atoms with Crippen molar-refractivity contribution in [3.63, 3.8) is 0 Å². The molecule has 0 radical (unpaired) electrons. The van der Waals surface area contributed by atoms with Gasteiger partial charge in [-0.2, -0.15) is 5.10 Å². The summed E-state index contributed by atoms with van der Waals surface area (Å²) in [5.41, 5.74) is 0.899. The molecule has 1 saturated heterocycles. The molecule has 1 aromatic rings. The molecule has 1 amide bonds. The molecule has 1 aliphatic heterocycles. The Kier molecular flexibility index (Phi) is 4.57. The highest BCUT2D eigenvalue weighted by molar-refractivity contribution is 5.78. The molecule has 1 aliphatic carbocycles. The van der Waals surface area contributed by atoms with Gasteiger partial charge in [-0.1, -0.05) is 0 Å². The Morgan fingerprint density at radius 3 is 2.91 bits per heavy atom. The van der Waals surface area contributed by atoms with Crippen LogP contribution in [0.2, 0.25) is 0 Å². The van der Waals surface area contributed by atoms with Crippen molar-refractivity contribution in [1.29, 1.82) is 0 Å². The molecule has 2 fully saturated rings. The number of carbonyl (C=O) groups is 1. The van der Waals surface area contributed by atoms with Crippen LogP contribution >= 0.6 is 0 Å². The van der Waals surface area contributed by atoms with E-state index >= 15 is 0 Å². The third-order valence-corrected chi connectivity index (χ3v) is 4.50. The monoisotopic (exact) mass is 304 g/mol. The second kappa shape index (κ2) is 6.60. The predicted molar refractivity (Wildman–Crippen MR) is 83.7 cm³/mol. The van der Waals surface area contributed by atoms with Gasteiger partial charge in [0, 0.05) is 25.1 Å². The van der Waals surface area contributed by atoms with E-state index in [1.54, 1.807) is 6.07 Å². The minimum absolute atomic E-state index is 0.0706. The minimum Gasteiger partial charge on any atom is -0.354 e. The minimum atomic E-state index is -0.101. The van der Waals surface area contributed by atoms with Crippen LogP contribution in [0.5, 0.6) is 0 Å². The van der Waals surface area contributed by atoms with Crippen molar-refractivity contribution in [3.05, 3.63) is 28.2 Å². The fourth-order valence-corrected chi connectivity index (χ4v) is 3.03. The Morgan fingerprint density at radius 2 is 2.18 bits per heavy atom. The van der Waals surface area contributed by atoms with Crippen LogP contribution in [0.1, 0.15) is 37.3 Å². The molecule has 1 unspecified atom stereocenters. The lowest BCUT2D eigenvalue weighted by atomic mass is 9.98. The molecule has 2 heterocycles. The Labute approximate surface area is 130 Å². The van der Waals surface area contributed by atoms with Gasteiger partial charge in [0.1, 0.15) is 0 Å². The number of aromatic nitrogens is 2. The van der Waals surface area contributed by atoms with Crippen LogP contribution in [-0.4, -0.2) is 47.3 Å². The largest absolute Gasteiger partial charge is 0.354 e. The van der Waals surface area contributed by atoms with Crippen LogP contribution in [0.25, 0.3) is 0 Å². The van der Waals surface area contributed by atoms with Crippen molar-refractivity contribution in [3.8, 4) is 0 Å². The molecule has 2 aliphatic rings. The van der Waals surface area contributed by atoms with E-state index in [-0.39, 0.29) is 17.4 Å². The predicted octanol–water partition coefficient (Wildman–Crippen LogP) is 0.579. The number of piperidine rings is 1. The van der Waals surface area contributed by atoms with E-state index in [0.29, 0.717) is 19.0 Å². The van der Waals surface area contributed by atoms with Gasteiger partial charge in [0.05, 0.1) is 18.2 Å². The van der Waals surface area contributed by atoms with Crippen molar-refractivity contribution >= 4 is 5.91 Å². The van der Waals surface area contributed by atoms with Crippen molar-refractivity contribution in [1.82, 2.24) is 20.0 Å². The van der Waals surface area contributed by atoms with E-state index < -0.39 is 0 Å². The van der Waals surface area contributed by atoms with Gasteiger partial charge in [-0.3, -0.25) is 9.59 Å². The molecule has 22 heavy (non-hydrogen) atoms. The third kappa shape index (κ3) is 3.74. The molecule has 0 aromatic carbocycles. The van der Waals surface area contributed by atoms with Crippen LogP contribution < -0.4 is 10.9 Å². The van der Waals surface area contributed by atoms with Crippen LogP contribution in [-0.2, 0) is 11.3 Å². The Morgan fingerprint density at radius 1 is 1.36 bits per heavy atom. The average molecular weight is 304 g/mol. The third-order valence-electron chi connectivity index (χ3n) is 4.50. The van der Waals surface area contributed by atoms with Gasteiger partial charge in [0.15, 0.2) is 0 Å². The second-order valence-corrected chi connectivity index (χ2v) is 6.49. The Hall–Kier alpha value is -1.69. The standard InChI is InChI=1S/C16H24N4O2/c1-19-9-2-3-13(11-19)16(22)17-8-10-20-15(21)7-6-14(18-20)12-4-5-12/h6-7,12-13H,2-5,8-11H2,1H3,(H,17,22). The Balaban J connectivity index is 1.51. The molecular weight excluding hydrogens is 280 g/mol. The number of nitrogens with zero attached hydrogens (tertiary/aromatic N) is 3. The SMILES string of the molecule is CN1CCCC(C(=O)NCCn2nc(C3CC3)ccc2=O)C1. The number of likely N-dealkylation sites (tertiary alicyclic amines) is 1. The second-order valence-electron chi connectivity index (χ2n) is 6.49. The van der Waals surface area contributed by atoms with Gasteiger partial charge in [-0.25, -0.2) is 4.68 Å².